The molecule has 0 bridgehead atoms. The van der Waals surface area contributed by atoms with Crippen LogP contribution in [0, 0.1) is 13.8 Å². The highest BCUT2D eigenvalue weighted by Crippen LogP contribution is 2.30. The van der Waals surface area contributed by atoms with E-state index in [2.05, 4.69) is 20.9 Å². The molecule has 1 aliphatic rings. The zero-order valence-electron chi connectivity index (χ0n) is 20.0. The summed E-state index contributed by atoms with van der Waals surface area (Å²) < 4.78 is 0. The average molecular weight is 491 g/mol. The zero-order valence-corrected chi connectivity index (χ0v) is 20.8. The number of nitrogens with zero attached hydrogens (tertiary/aromatic N) is 4. The van der Waals surface area contributed by atoms with Crippen LogP contribution in [0.5, 0.6) is 0 Å². The van der Waals surface area contributed by atoms with Gasteiger partial charge in [-0.05, 0) is 27.2 Å². The molecule has 4 rings (SSSR count). The van der Waals surface area contributed by atoms with E-state index in [1.165, 1.54) is 0 Å². The second kappa shape index (κ2) is 9.83. The predicted molar refractivity (Wildman–Crippen MR) is 133 cm³/mol. The van der Waals surface area contributed by atoms with Crippen molar-refractivity contribution in [2.45, 2.75) is 44.8 Å². The molecule has 0 radical (unpaired) electrons. The van der Waals surface area contributed by atoms with Crippen LogP contribution >= 0.6 is 11.8 Å². The summed E-state index contributed by atoms with van der Waals surface area (Å²) in [5.41, 5.74) is 6.66. The van der Waals surface area contributed by atoms with Gasteiger partial charge in [0.05, 0.1) is 5.75 Å². The van der Waals surface area contributed by atoms with Gasteiger partial charge < -0.3 is 5.32 Å². The lowest BCUT2D eigenvalue weighted by molar-refractivity contribution is -0.137. The topological polar surface area (TPSA) is 117 Å². The molecule has 0 spiro atoms. The minimum absolute atomic E-state index is 0.0984. The summed E-state index contributed by atoms with van der Waals surface area (Å²) in [4.78, 5) is 41.8. The molecule has 1 aliphatic heterocycles. The summed E-state index contributed by atoms with van der Waals surface area (Å²) in [7, 11) is 0. The van der Waals surface area contributed by atoms with E-state index in [0.29, 0.717) is 23.0 Å². The van der Waals surface area contributed by atoms with Gasteiger partial charge in [-0.15, -0.1) is 10.2 Å². The Kier molecular flexibility index (Phi) is 6.83. The van der Waals surface area contributed by atoms with Gasteiger partial charge in [0, 0.05) is 11.1 Å². The number of carbonyl (C=O) groups is 3. The maximum Gasteiger partial charge on any atom is 0.344 e. The van der Waals surface area contributed by atoms with Gasteiger partial charge in [0.25, 0.3) is 5.91 Å². The minimum atomic E-state index is -1.03. The summed E-state index contributed by atoms with van der Waals surface area (Å²) in [5.74, 6) is -1.12. The molecule has 4 amide bonds. The normalized spacial score (nSPS) is 17.4. The lowest BCUT2D eigenvalue weighted by Crippen LogP contribution is -2.49. The first-order valence-electron chi connectivity index (χ1n) is 11.2. The molecule has 0 unspecified atom stereocenters. The van der Waals surface area contributed by atoms with Crippen LogP contribution in [0.2, 0.25) is 0 Å². The van der Waals surface area contributed by atoms with E-state index in [1.807, 2.05) is 62.4 Å². The molecule has 1 fully saturated rings. The minimum Gasteiger partial charge on any atom is -0.322 e. The van der Waals surface area contributed by atoms with E-state index in [0.717, 1.165) is 39.0 Å². The van der Waals surface area contributed by atoms with Crippen molar-refractivity contribution < 1.29 is 14.4 Å². The maximum atomic E-state index is 12.5. The fourth-order valence-corrected chi connectivity index (χ4v) is 4.08. The quantitative estimate of drug-likeness (QED) is 0.383. The number of hydrogen-bond donors (Lipinski definition) is 2. The third-order valence-corrected chi connectivity index (χ3v) is 6.69. The van der Waals surface area contributed by atoms with E-state index >= 15 is 0 Å². The number of hydrazine groups is 1. The molecule has 0 saturated carbocycles. The van der Waals surface area contributed by atoms with E-state index in [4.69, 9.17) is 4.98 Å². The predicted octanol–water partition coefficient (Wildman–Crippen LogP) is 3.67. The highest BCUT2D eigenvalue weighted by Gasteiger charge is 2.47. The highest BCUT2D eigenvalue weighted by atomic mass is 32.2. The smallest absolute Gasteiger partial charge is 0.322 e. The molecule has 180 valence electrons. The molecule has 2 aromatic carbocycles. The van der Waals surface area contributed by atoms with Crippen LogP contribution in [-0.2, 0) is 9.59 Å². The number of nitrogens with one attached hydrogen (secondary N) is 2. The first kappa shape index (κ1) is 24.3. The zero-order chi connectivity index (χ0) is 25.2. The molecule has 2 N–H and O–H groups in total. The Morgan fingerprint density at radius 1 is 0.971 bits per heavy atom. The number of hydrogen-bond acceptors (Lipinski definition) is 7. The number of aromatic nitrogens is 3. The van der Waals surface area contributed by atoms with Crippen LogP contribution in [0.15, 0.2) is 53.7 Å². The van der Waals surface area contributed by atoms with Gasteiger partial charge in [-0.2, -0.15) is 5.01 Å². The van der Waals surface area contributed by atoms with Crippen LogP contribution in [0.1, 0.15) is 31.4 Å². The fraction of sp³-hybridized carbons (Fsp3) is 0.280. The molecule has 10 heteroatoms. The Morgan fingerprint density at radius 3 is 2.09 bits per heavy atom. The van der Waals surface area contributed by atoms with Gasteiger partial charge in [-0.25, -0.2) is 9.78 Å². The number of aryl methyl sites for hydroxylation is 2. The van der Waals surface area contributed by atoms with Crippen LogP contribution in [0.4, 0.5) is 4.79 Å². The lowest BCUT2D eigenvalue weighted by atomic mass is 10.00. The molecule has 9 nitrogen and oxygen atoms in total. The number of urea groups is 1. The second-order valence-corrected chi connectivity index (χ2v) is 9.55. The van der Waals surface area contributed by atoms with E-state index in [-0.39, 0.29) is 5.75 Å². The molecule has 1 atom stereocenters. The Hall–Kier alpha value is -3.79. The monoisotopic (exact) mass is 490 g/mol. The number of imide groups is 1. The van der Waals surface area contributed by atoms with Gasteiger partial charge in [-0.1, -0.05) is 78.3 Å². The van der Waals surface area contributed by atoms with Crippen molar-refractivity contribution in [2.75, 3.05) is 5.75 Å². The molecule has 3 aromatic rings. The van der Waals surface area contributed by atoms with Gasteiger partial charge in [0.1, 0.15) is 16.9 Å². The molecule has 1 saturated heterocycles. The van der Waals surface area contributed by atoms with Crippen molar-refractivity contribution >= 4 is 29.6 Å². The average Bonchev–Trinajstić information content (AvgIpc) is 3.07. The van der Waals surface area contributed by atoms with Crippen molar-refractivity contribution in [1.29, 1.82) is 0 Å². The molecule has 0 aliphatic carbocycles. The van der Waals surface area contributed by atoms with Crippen molar-refractivity contribution in [3.05, 3.63) is 59.7 Å². The fourth-order valence-electron chi connectivity index (χ4n) is 3.50. The number of amides is 4. The molecular weight excluding hydrogens is 464 g/mol. The number of benzene rings is 2. The standard InChI is InChI=1S/C25H26N6O3S/c1-5-25(4)22(33)31(24(34)27-25)30-19(32)14-35-23-26-20(17-10-6-15(2)7-11-17)21(28-29-23)18-12-8-16(3)9-13-18/h6-13H,5,14H2,1-4H3,(H,27,34)(H,30,32)/t25-/m0/s1. The summed E-state index contributed by atoms with van der Waals surface area (Å²) in [6.07, 6.45) is 0.410. The van der Waals surface area contributed by atoms with Crippen molar-refractivity contribution in [3.8, 4) is 22.5 Å². The van der Waals surface area contributed by atoms with Crippen LogP contribution in [-0.4, -0.2) is 49.3 Å². The van der Waals surface area contributed by atoms with Crippen LogP contribution in [0.3, 0.4) is 0 Å². The Balaban J connectivity index is 1.53. The molecular formula is C25H26N6O3S. The third-order valence-electron chi connectivity index (χ3n) is 5.85. The Labute approximate surface area is 207 Å². The summed E-state index contributed by atoms with van der Waals surface area (Å²) >= 11 is 1.07. The van der Waals surface area contributed by atoms with Crippen LogP contribution < -0.4 is 10.7 Å². The number of carbonyl (C=O) groups excluding carboxylic acids is 3. The SMILES string of the molecule is CC[C@]1(C)NC(=O)N(NC(=O)CSc2nnc(-c3ccc(C)cc3)c(-c3ccc(C)cc3)n2)C1=O. The lowest BCUT2D eigenvalue weighted by Gasteiger charge is -2.19. The number of rotatable bonds is 7. The molecule has 35 heavy (non-hydrogen) atoms. The first-order chi connectivity index (χ1) is 16.7. The first-order valence-corrected chi connectivity index (χ1v) is 12.2. The van der Waals surface area contributed by atoms with E-state index in [1.54, 1.807) is 13.8 Å². The summed E-state index contributed by atoms with van der Waals surface area (Å²) in [6, 6.07) is 15.2. The van der Waals surface area contributed by atoms with E-state index < -0.39 is 23.4 Å². The summed E-state index contributed by atoms with van der Waals surface area (Å²) in [5, 5.41) is 12.3. The van der Waals surface area contributed by atoms with Crippen molar-refractivity contribution in [3.63, 3.8) is 0 Å². The second-order valence-electron chi connectivity index (χ2n) is 8.60. The Morgan fingerprint density at radius 2 is 1.54 bits per heavy atom. The van der Waals surface area contributed by atoms with E-state index in [9.17, 15) is 14.4 Å². The number of thioether (sulfide) groups is 1. The third kappa shape index (κ3) is 5.17. The van der Waals surface area contributed by atoms with Gasteiger partial charge in [-0.3, -0.25) is 15.0 Å². The largest absolute Gasteiger partial charge is 0.344 e. The van der Waals surface area contributed by atoms with Gasteiger partial charge in [0.2, 0.25) is 11.1 Å². The van der Waals surface area contributed by atoms with Crippen molar-refractivity contribution in [1.82, 2.24) is 30.9 Å². The van der Waals surface area contributed by atoms with Crippen LogP contribution in [0.25, 0.3) is 22.5 Å². The van der Waals surface area contributed by atoms with Crippen molar-refractivity contribution in [2.24, 2.45) is 0 Å². The molecule has 1 aromatic heterocycles. The Bertz CT molecular complexity index is 1280. The maximum absolute atomic E-state index is 12.5. The van der Waals surface area contributed by atoms with Gasteiger partial charge in [0.15, 0.2) is 0 Å². The van der Waals surface area contributed by atoms with Gasteiger partial charge >= 0.3 is 6.03 Å². The molecule has 2 heterocycles. The highest BCUT2D eigenvalue weighted by molar-refractivity contribution is 7.99. The summed E-state index contributed by atoms with van der Waals surface area (Å²) in [6.45, 7) is 7.43.